The second-order valence-corrected chi connectivity index (χ2v) is 22.3. The van der Waals surface area contributed by atoms with Crippen LogP contribution in [0.3, 0.4) is 0 Å². The zero-order valence-corrected chi connectivity index (χ0v) is 47.1. The zero-order chi connectivity index (χ0) is 57.8. The minimum atomic E-state index is -0.142. The van der Waals surface area contributed by atoms with E-state index in [1.165, 1.54) is 38.8 Å². The van der Waals surface area contributed by atoms with E-state index in [1.807, 2.05) is 36.4 Å². The van der Waals surface area contributed by atoms with Gasteiger partial charge in [0.05, 0.1) is 11.0 Å². The van der Waals surface area contributed by atoms with Crippen LogP contribution >= 0.6 is 0 Å². The molecular weight excluding hydrogens is 1020 g/mol. The van der Waals surface area contributed by atoms with E-state index in [4.69, 9.17) is 25.7 Å². The quantitative estimate of drug-likeness (QED) is 0.124. The van der Waals surface area contributed by atoms with Crippen molar-refractivity contribution in [3.8, 4) is 133 Å². The van der Waals surface area contributed by atoms with Crippen molar-refractivity contribution in [3.05, 3.63) is 300 Å². The Balaban J connectivity index is 0.859. The molecule has 0 saturated carbocycles. The number of benzene rings is 12. The Morgan fingerprint density at radius 2 is 0.682 bits per heavy atom. The van der Waals surface area contributed by atoms with E-state index in [-0.39, 0.29) is 5.41 Å². The highest BCUT2D eigenvalue weighted by Gasteiger charge is 2.36. The number of rotatable bonds is 10. The lowest BCUT2D eigenvalue weighted by atomic mass is 9.82. The van der Waals surface area contributed by atoms with E-state index in [2.05, 4.69) is 278 Å². The van der Waals surface area contributed by atoms with Gasteiger partial charge in [-0.15, -0.1) is 25.7 Å². The van der Waals surface area contributed by atoms with E-state index in [9.17, 15) is 0 Å². The van der Waals surface area contributed by atoms with E-state index in [1.54, 1.807) is 0 Å². The number of hydrogen-bond acceptors (Lipinski definition) is 1. The van der Waals surface area contributed by atoms with Crippen molar-refractivity contribution in [2.75, 3.05) is 4.90 Å². The molecule has 1 aliphatic carbocycles. The van der Waals surface area contributed by atoms with Crippen LogP contribution in [-0.2, 0) is 5.41 Å². The molecule has 0 aliphatic heterocycles. The van der Waals surface area contributed by atoms with Gasteiger partial charge in [0, 0.05) is 61.2 Å². The van der Waals surface area contributed by atoms with Gasteiger partial charge in [0.25, 0.3) is 0 Å². The van der Waals surface area contributed by atoms with Crippen LogP contribution in [0, 0.1) is 49.4 Å². The number of hydrogen-bond donors (Lipinski definition) is 0. The Bertz CT molecular complexity index is 4890. The smallest absolute Gasteiger partial charge is 0.0541 e. The summed E-state index contributed by atoms with van der Waals surface area (Å²) in [7, 11) is 0. The van der Waals surface area contributed by atoms with Crippen LogP contribution in [0.4, 0.5) is 17.1 Å². The first-order valence-electron chi connectivity index (χ1n) is 28.5. The summed E-state index contributed by atoms with van der Waals surface area (Å²) < 4.78 is 2.38. The number of aromatic nitrogens is 1. The first kappa shape index (κ1) is 51.6. The van der Waals surface area contributed by atoms with Gasteiger partial charge < -0.3 is 9.47 Å². The lowest BCUT2D eigenvalue weighted by Crippen LogP contribution is -2.16. The topological polar surface area (TPSA) is 8.17 Å². The predicted octanol–water partition coefficient (Wildman–Crippen LogP) is 20.5. The molecule has 12 aromatic carbocycles. The van der Waals surface area contributed by atoms with Gasteiger partial charge >= 0.3 is 0 Å². The minimum absolute atomic E-state index is 0.142. The molecule has 1 aliphatic rings. The predicted molar refractivity (Wildman–Crippen MR) is 357 cm³/mol. The van der Waals surface area contributed by atoms with Gasteiger partial charge in [-0.05, 0) is 210 Å². The highest BCUT2D eigenvalue weighted by molar-refractivity contribution is 6.12. The van der Waals surface area contributed by atoms with Crippen LogP contribution in [-0.4, -0.2) is 4.57 Å². The highest BCUT2D eigenvalue weighted by atomic mass is 15.1. The largest absolute Gasteiger partial charge is 0.310 e. The Kier molecular flexibility index (Phi) is 12.8. The summed E-state index contributed by atoms with van der Waals surface area (Å²) in [6, 6.07) is 96.1. The Morgan fingerprint density at radius 3 is 1.24 bits per heavy atom. The van der Waals surface area contributed by atoms with Crippen LogP contribution in [0.1, 0.15) is 47.2 Å². The molecule has 0 amide bonds. The number of terminal acetylenes is 4. The van der Waals surface area contributed by atoms with Crippen LogP contribution in [0.2, 0.25) is 0 Å². The van der Waals surface area contributed by atoms with Crippen molar-refractivity contribution in [1.82, 2.24) is 4.57 Å². The van der Waals surface area contributed by atoms with Crippen molar-refractivity contribution in [2.24, 2.45) is 0 Å². The lowest BCUT2D eigenvalue weighted by molar-refractivity contribution is 0.660. The Morgan fingerprint density at radius 1 is 0.294 bits per heavy atom. The third-order valence-electron chi connectivity index (χ3n) is 17.1. The van der Waals surface area contributed by atoms with Gasteiger partial charge in [0.2, 0.25) is 0 Å². The third kappa shape index (κ3) is 9.14. The van der Waals surface area contributed by atoms with Crippen LogP contribution < -0.4 is 4.90 Å². The third-order valence-corrected chi connectivity index (χ3v) is 17.1. The van der Waals surface area contributed by atoms with Crippen molar-refractivity contribution in [1.29, 1.82) is 0 Å². The van der Waals surface area contributed by atoms with Crippen molar-refractivity contribution in [3.63, 3.8) is 0 Å². The average Bonchev–Trinajstić information content (AvgIpc) is 2.07. The monoisotopic (exact) mass is 1080 g/mol. The van der Waals surface area contributed by atoms with Gasteiger partial charge in [0.1, 0.15) is 0 Å². The highest BCUT2D eigenvalue weighted by Crippen LogP contribution is 2.51. The minimum Gasteiger partial charge on any atom is -0.310 e. The molecule has 396 valence electrons. The number of nitrogens with zero attached hydrogens (tertiary/aromatic N) is 2. The van der Waals surface area contributed by atoms with Gasteiger partial charge in [-0.25, -0.2) is 0 Å². The van der Waals surface area contributed by atoms with Gasteiger partial charge in [-0.1, -0.05) is 183 Å². The molecule has 0 unspecified atom stereocenters. The van der Waals surface area contributed by atoms with E-state index >= 15 is 0 Å². The zero-order valence-electron chi connectivity index (χ0n) is 47.1. The Hall–Kier alpha value is -11.5. The van der Waals surface area contributed by atoms with Gasteiger partial charge in [-0.3, -0.25) is 0 Å². The molecule has 0 N–H and O–H groups in total. The van der Waals surface area contributed by atoms with Crippen LogP contribution in [0.15, 0.2) is 267 Å². The first-order chi connectivity index (χ1) is 41.7. The van der Waals surface area contributed by atoms with Crippen molar-refractivity contribution >= 4 is 38.9 Å². The van der Waals surface area contributed by atoms with Gasteiger partial charge in [-0.2, -0.15) is 0 Å². The summed E-state index contributed by atoms with van der Waals surface area (Å²) in [5.74, 6) is 11.1. The summed E-state index contributed by atoms with van der Waals surface area (Å²) in [5.41, 5.74) is 27.3. The fourth-order valence-corrected chi connectivity index (χ4v) is 12.7. The molecule has 85 heavy (non-hydrogen) atoms. The molecule has 0 bridgehead atoms. The molecule has 0 atom stereocenters. The molecule has 0 fully saturated rings. The molecule has 1 aromatic heterocycles. The molecule has 2 nitrogen and oxygen atoms in total. The molecule has 2 heteroatoms. The molecule has 14 rings (SSSR count). The molecular formula is C83H54N2. The molecule has 1 heterocycles. The average molecular weight is 1080 g/mol. The fourth-order valence-electron chi connectivity index (χ4n) is 12.7. The number of fused-ring (bicyclic) bond motifs is 6. The summed E-state index contributed by atoms with van der Waals surface area (Å²) >= 11 is 0. The van der Waals surface area contributed by atoms with Crippen molar-refractivity contribution in [2.45, 2.75) is 19.3 Å². The summed E-state index contributed by atoms with van der Waals surface area (Å²) in [6.07, 6.45) is 23.7. The molecule has 0 spiro atoms. The van der Waals surface area contributed by atoms with Gasteiger partial charge in [0.15, 0.2) is 0 Å². The standard InChI is InChI=1S/C83H54N2/c1-7-55-28-30-64(46-57(55)9-3)69-49-68(50-70(51-69)65-31-29-56(8-2)58(10-4)47-65)63-23-19-22-62(48-63)67-37-45-82-78(53-67)77-52-66(36-44-81(77)85(82)71-24-15-12-16-25-71)61-34-40-73(41-35-61)84(72-38-32-60(33-39-72)59-20-13-11-14-21-59)74-42-43-76-75-26-17-18-27-79(75)83(5,6)80(76)54-74/h1-4,11-54H,5-6H3. The SMILES string of the molecule is C#Cc1ccc(-c2cc(-c3cccc(-c4ccc5c(c4)c4cc(-c6ccc(N(c7ccc(-c8ccccc8)cc7)c7ccc8c(c7)C(C)(C)c7ccccc7-8)cc6)ccc4n5-c4ccccc4)c3)cc(-c3ccc(C#C)c(C#C)c3)c2)cc1C#C. The fraction of sp³-hybridized carbons (Fsp3) is 0.0361. The second-order valence-electron chi connectivity index (χ2n) is 22.3. The maximum atomic E-state index is 5.98. The molecule has 0 saturated heterocycles. The van der Waals surface area contributed by atoms with Crippen LogP contribution in [0.25, 0.3) is 105 Å². The Labute approximate surface area is 498 Å². The summed E-state index contributed by atoms with van der Waals surface area (Å²) in [5, 5.41) is 2.33. The lowest BCUT2D eigenvalue weighted by Gasteiger charge is -2.28. The van der Waals surface area contributed by atoms with E-state index in [0.717, 1.165) is 94.8 Å². The van der Waals surface area contributed by atoms with E-state index in [0.29, 0.717) is 22.3 Å². The number of para-hydroxylation sites is 1. The summed E-state index contributed by atoms with van der Waals surface area (Å²) in [6.45, 7) is 4.69. The normalized spacial score (nSPS) is 11.9. The maximum Gasteiger partial charge on any atom is 0.0541 e. The van der Waals surface area contributed by atoms with E-state index < -0.39 is 0 Å². The van der Waals surface area contributed by atoms with Crippen molar-refractivity contribution < 1.29 is 0 Å². The maximum absolute atomic E-state index is 5.98. The first-order valence-corrected chi connectivity index (χ1v) is 28.5. The molecule has 0 radical (unpaired) electrons. The second kappa shape index (κ2) is 21.1. The molecule has 13 aromatic rings. The summed E-state index contributed by atoms with van der Waals surface area (Å²) in [4.78, 5) is 2.39. The van der Waals surface area contributed by atoms with Crippen LogP contribution in [0.5, 0.6) is 0 Å². The number of anilines is 3.